The van der Waals surface area contributed by atoms with Crippen LogP contribution in [0, 0.1) is 0 Å². The largest absolute Gasteiger partial charge is 0.381 e. The molecule has 84 valence electrons. The first-order valence-electron chi connectivity index (χ1n) is 5.23. The minimum atomic E-state index is 0.800. The lowest BCUT2D eigenvalue weighted by Gasteiger charge is -2.08. The van der Waals surface area contributed by atoms with E-state index in [0.29, 0.717) is 0 Å². The van der Waals surface area contributed by atoms with Crippen LogP contribution in [0.3, 0.4) is 0 Å². The normalized spacial score (nSPS) is 10.4. The number of benzene rings is 1. The van der Waals surface area contributed by atoms with Crippen molar-refractivity contribution in [2.45, 2.75) is 0 Å². The van der Waals surface area contributed by atoms with Gasteiger partial charge in [0.25, 0.3) is 0 Å². The quantitative estimate of drug-likeness (QED) is 0.711. The molecule has 2 heterocycles. The van der Waals surface area contributed by atoms with E-state index in [1.54, 1.807) is 17.5 Å². The molecule has 0 spiro atoms. The molecule has 0 aliphatic rings. The summed E-state index contributed by atoms with van der Waals surface area (Å²) in [5, 5.41) is 2.01. The third-order valence-electron chi connectivity index (χ3n) is 2.36. The molecule has 17 heavy (non-hydrogen) atoms. The smallest absolute Gasteiger partial charge is 0.175 e. The Morgan fingerprint density at radius 3 is 2.82 bits per heavy atom. The van der Waals surface area contributed by atoms with Crippen molar-refractivity contribution in [2.75, 3.05) is 5.48 Å². The molecule has 4 heteroatoms. The van der Waals surface area contributed by atoms with E-state index in [1.165, 1.54) is 0 Å². The number of thiophene rings is 1. The Bertz CT molecular complexity index is 621. The first-order valence-corrected chi connectivity index (χ1v) is 6.11. The summed E-state index contributed by atoms with van der Waals surface area (Å²) in [6.07, 6.45) is 1.75. The van der Waals surface area contributed by atoms with Crippen LogP contribution in [0.5, 0.6) is 5.75 Å². The third-order valence-corrected chi connectivity index (χ3v) is 3.28. The number of fused-ring (bicyclic) bond motifs is 1. The SMILES string of the molecule is c1ccc(NOc2ccnc3ccsc23)cc1. The second-order valence-electron chi connectivity index (χ2n) is 3.51. The molecule has 0 bridgehead atoms. The molecule has 0 saturated heterocycles. The highest BCUT2D eigenvalue weighted by molar-refractivity contribution is 7.17. The van der Waals surface area contributed by atoms with Crippen LogP contribution in [0.1, 0.15) is 0 Å². The zero-order valence-corrected chi connectivity index (χ0v) is 9.78. The van der Waals surface area contributed by atoms with Gasteiger partial charge in [0.1, 0.15) is 0 Å². The van der Waals surface area contributed by atoms with Gasteiger partial charge in [0, 0.05) is 12.3 Å². The Labute approximate surface area is 103 Å². The number of hydrogen-bond acceptors (Lipinski definition) is 4. The minimum absolute atomic E-state index is 0.800. The zero-order valence-electron chi connectivity index (χ0n) is 8.96. The first-order chi connectivity index (χ1) is 8.43. The van der Waals surface area contributed by atoms with E-state index in [1.807, 2.05) is 47.8 Å². The molecular weight excluding hydrogens is 232 g/mol. The molecular formula is C13H10N2OS. The highest BCUT2D eigenvalue weighted by Crippen LogP contribution is 2.28. The molecule has 0 aliphatic heterocycles. The summed E-state index contributed by atoms with van der Waals surface area (Å²) in [5.41, 5.74) is 4.81. The highest BCUT2D eigenvalue weighted by Gasteiger charge is 2.04. The molecule has 3 nitrogen and oxygen atoms in total. The summed E-state index contributed by atoms with van der Waals surface area (Å²) >= 11 is 1.62. The fraction of sp³-hybridized carbons (Fsp3) is 0. The summed E-state index contributed by atoms with van der Waals surface area (Å²) in [6.45, 7) is 0. The predicted molar refractivity (Wildman–Crippen MR) is 70.3 cm³/mol. The number of nitrogens with one attached hydrogen (secondary N) is 1. The van der Waals surface area contributed by atoms with Crippen molar-refractivity contribution in [2.24, 2.45) is 0 Å². The monoisotopic (exact) mass is 242 g/mol. The summed E-state index contributed by atoms with van der Waals surface area (Å²) in [5.74, 6) is 0.800. The molecule has 0 saturated carbocycles. The number of hydrogen-bond donors (Lipinski definition) is 1. The Hall–Kier alpha value is -2.07. The molecule has 0 fully saturated rings. The lowest BCUT2D eigenvalue weighted by molar-refractivity contribution is 0.410. The Kier molecular flexibility index (Phi) is 2.63. The van der Waals surface area contributed by atoms with Gasteiger partial charge >= 0.3 is 0 Å². The van der Waals surface area contributed by atoms with Crippen LogP contribution < -0.4 is 10.3 Å². The maximum atomic E-state index is 5.58. The second-order valence-corrected chi connectivity index (χ2v) is 4.43. The highest BCUT2D eigenvalue weighted by atomic mass is 32.1. The van der Waals surface area contributed by atoms with Crippen LogP contribution in [0.25, 0.3) is 10.2 Å². The van der Waals surface area contributed by atoms with Crippen LogP contribution in [0.15, 0.2) is 54.0 Å². The van der Waals surface area contributed by atoms with Crippen LogP contribution in [-0.4, -0.2) is 4.98 Å². The fourth-order valence-corrected chi connectivity index (χ4v) is 2.35. The van der Waals surface area contributed by atoms with Gasteiger partial charge in [0.15, 0.2) is 5.75 Å². The van der Waals surface area contributed by atoms with Gasteiger partial charge in [-0.25, -0.2) is 5.48 Å². The van der Waals surface area contributed by atoms with Crippen molar-refractivity contribution in [1.82, 2.24) is 4.98 Å². The minimum Gasteiger partial charge on any atom is -0.381 e. The molecule has 0 unspecified atom stereocenters. The van der Waals surface area contributed by atoms with E-state index >= 15 is 0 Å². The molecule has 3 rings (SSSR count). The van der Waals surface area contributed by atoms with E-state index in [9.17, 15) is 0 Å². The number of aromatic nitrogens is 1. The molecule has 3 aromatic rings. The molecule has 0 radical (unpaired) electrons. The van der Waals surface area contributed by atoms with Crippen LogP contribution in [0.4, 0.5) is 5.69 Å². The Balaban J connectivity index is 1.84. The topological polar surface area (TPSA) is 34.1 Å². The molecule has 2 aromatic heterocycles. The molecule has 1 aromatic carbocycles. The van der Waals surface area contributed by atoms with E-state index in [4.69, 9.17) is 4.84 Å². The molecule has 0 aliphatic carbocycles. The maximum Gasteiger partial charge on any atom is 0.175 e. The van der Waals surface area contributed by atoms with Crippen LogP contribution in [0.2, 0.25) is 0 Å². The van der Waals surface area contributed by atoms with E-state index in [0.717, 1.165) is 21.7 Å². The van der Waals surface area contributed by atoms with Crippen molar-refractivity contribution >= 4 is 27.2 Å². The van der Waals surface area contributed by atoms with Gasteiger partial charge in [0.2, 0.25) is 0 Å². The van der Waals surface area contributed by atoms with Crippen LogP contribution in [-0.2, 0) is 0 Å². The van der Waals surface area contributed by atoms with E-state index in [-0.39, 0.29) is 0 Å². The summed E-state index contributed by atoms with van der Waals surface area (Å²) in [4.78, 5) is 9.84. The second kappa shape index (κ2) is 4.43. The average Bonchev–Trinajstić information content (AvgIpc) is 2.86. The zero-order chi connectivity index (χ0) is 11.5. The predicted octanol–water partition coefficient (Wildman–Crippen LogP) is 3.70. The van der Waals surface area contributed by atoms with Gasteiger partial charge in [-0.2, -0.15) is 0 Å². The van der Waals surface area contributed by atoms with Gasteiger partial charge in [-0.05, 0) is 23.6 Å². The Morgan fingerprint density at radius 1 is 1.06 bits per heavy atom. The summed E-state index contributed by atoms with van der Waals surface area (Å²) < 4.78 is 1.05. The lowest BCUT2D eigenvalue weighted by Crippen LogP contribution is -2.04. The molecule has 1 N–H and O–H groups in total. The first kappa shape index (κ1) is 10.1. The van der Waals surface area contributed by atoms with Gasteiger partial charge in [-0.3, -0.25) is 4.98 Å². The van der Waals surface area contributed by atoms with Crippen molar-refractivity contribution in [3.63, 3.8) is 0 Å². The van der Waals surface area contributed by atoms with Crippen LogP contribution >= 0.6 is 11.3 Å². The number of anilines is 1. The van der Waals surface area contributed by atoms with Crippen molar-refractivity contribution in [3.8, 4) is 5.75 Å². The van der Waals surface area contributed by atoms with Gasteiger partial charge < -0.3 is 4.84 Å². The van der Waals surface area contributed by atoms with Gasteiger partial charge in [-0.1, -0.05) is 18.2 Å². The average molecular weight is 242 g/mol. The third kappa shape index (κ3) is 2.07. The van der Waals surface area contributed by atoms with Gasteiger partial charge in [0.05, 0.1) is 15.9 Å². The summed E-state index contributed by atoms with van der Waals surface area (Å²) in [6, 6.07) is 13.6. The number of para-hydroxylation sites is 1. The fourth-order valence-electron chi connectivity index (χ4n) is 1.55. The van der Waals surface area contributed by atoms with E-state index in [2.05, 4.69) is 10.5 Å². The summed E-state index contributed by atoms with van der Waals surface area (Å²) in [7, 11) is 0. The molecule has 0 atom stereocenters. The maximum absolute atomic E-state index is 5.58. The lowest BCUT2D eigenvalue weighted by atomic mass is 10.3. The Morgan fingerprint density at radius 2 is 1.94 bits per heavy atom. The number of pyridine rings is 1. The number of rotatable bonds is 3. The van der Waals surface area contributed by atoms with Gasteiger partial charge in [-0.15, -0.1) is 11.3 Å². The number of nitrogens with zero attached hydrogens (tertiary/aromatic N) is 1. The van der Waals surface area contributed by atoms with Crippen molar-refractivity contribution < 1.29 is 4.84 Å². The molecule has 0 amide bonds. The standard InChI is InChI=1S/C13H10N2OS/c1-2-4-10(5-3-1)15-16-12-6-8-14-11-7-9-17-13(11)12/h1-9,15H. The van der Waals surface area contributed by atoms with Crippen molar-refractivity contribution in [1.29, 1.82) is 0 Å². The van der Waals surface area contributed by atoms with Crippen molar-refractivity contribution in [3.05, 3.63) is 54.0 Å². The van der Waals surface area contributed by atoms with E-state index < -0.39 is 0 Å².